The number of aromatic amines is 1. The number of benzene rings is 2. The van der Waals surface area contributed by atoms with Crippen LogP contribution in [0.2, 0.25) is 0 Å². The van der Waals surface area contributed by atoms with Gasteiger partial charge in [0.1, 0.15) is 5.82 Å². The highest BCUT2D eigenvalue weighted by molar-refractivity contribution is 6.07. The van der Waals surface area contributed by atoms with E-state index in [1.807, 2.05) is 0 Å². The van der Waals surface area contributed by atoms with E-state index in [-0.39, 0.29) is 27.8 Å². The largest absolute Gasteiger partial charge is 0.478 e. The SMILES string of the molecule is Cn1ncc2c3[nH]n(-c4ccc(C(=O)O)c(F)c4)c(=O)c3c(-c3cccc(C(F)(F)F)c3)nc21. The fourth-order valence-corrected chi connectivity index (χ4v) is 3.80. The molecule has 0 fully saturated rings. The lowest BCUT2D eigenvalue weighted by atomic mass is 10.0. The number of fused-ring (bicyclic) bond motifs is 3. The normalized spacial score (nSPS) is 12.0. The molecule has 8 nitrogen and oxygen atoms in total. The van der Waals surface area contributed by atoms with E-state index in [1.165, 1.54) is 29.1 Å². The Morgan fingerprint density at radius 1 is 1.15 bits per heavy atom. The molecule has 5 aromatic rings. The standard InChI is InChI=1S/C22H13F4N5O3/c1-30-19-14(9-27-30)18-16(17(28-19)10-3-2-4-11(7-10)22(24,25)26)20(32)31(29-18)12-5-6-13(21(33)34)15(23)8-12/h2-9,29H,1H3,(H,33,34). The van der Waals surface area contributed by atoms with E-state index in [9.17, 15) is 27.2 Å². The summed E-state index contributed by atoms with van der Waals surface area (Å²) >= 11 is 0. The second kappa shape index (κ2) is 7.27. The van der Waals surface area contributed by atoms with Gasteiger partial charge in [0.25, 0.3) is 5.56 Å². The van der Waals surface area contributed by atoms with Crippen LogP contribution >= 0.6 is 0 Å². The molecule has 5 rings (SSSR count). The minimum absolute atomic E-state index is 0.00395. The van der Waals surface area contributed by atoms with Crippen molar-refractivity contribution in [3.05, 3.63) is 76.0 Å². The lowest BCUT2D eigenvalue weighted by Gasteiger charge is -2.09. The zero-order valence-electron chi connectivity index (χ0n) is 17.2. The maximum absolute atomic E-state index is 14.3. The van der Waals surface area contributed by atoms with E-state index >= 15 is 0 Å². The van der Waals surface area contributed by atoms with E-state index in [4.69, 9.17) is 5.11 Å². The summed E-state index contributed by atoms with van der Waals surface area (Å²) in [4.78, 5) is 28.9. The van der Waals surface area contributed by atoms with Gasteiger partial charge in [-0.2, -0.15) is 18.3 Å². The Balaban J connectivity index is 1.84. The number of aryl methyl sites for hydroxylation is 1. The van der Waals surface area contributed by atoms with Gasteiger partial charge in [0.15, 0.2) is 5.65 Å². The summed E-state index contributed by atoms with van der Waals surface area (Å²) in [6.45, 7) is 0. The number of H-pyrrole nitrogens is 1. The number of carboxylic acids is 1. The number of carboxylic acid groups (broad SMARTS) is 1. The van der Waals surface area contributed by atoms with E-state index in [1.54, 1.807) is 7.05 Å². The first-order valence-corrected chi connectivity index (χ1v) is 9.73. The number of aromatic carboxylic acids is 1. The zero-order valence-corrected chi connectivity index (χ0v) is 17.2. The van der Waals surface area contributed by atoms with Gasteiger partial charge in [-0.1, -0.05) is 12.1 Å². The van der Waals surface area contributed by atoms with Crippen molar-refractivity contribution in [3.8, 4) is 16.9 Å². The van der Waals surface area contributed by atoms with Gasteiger partial charge in [0, 0.05) is 18.7 Å². The lowest BCUT2D eigenvalue weighted by Crippen LogP contribution is -2.15. The number of rotatable bonds is 3. The minimum atomic E-state index is -4.60. The van der Waals surface area contributed by atoms with Crippen LogP contribution in [0.4, 0.5) is 17.6 Å². The van der Waals surface area contributed by atoms with Crippen LogP contribution in [0.1, 0.15) is 15.9 Å². The summed E-state index contributed by atoms with van der Waals surface area (Å²) in [5.41, 5.74) is -1.61. The third kappa shape index (κ3) is 3.22. The molecule has 2 aromatic carbocycles. The maximum atomic E-state index is 14.3. The highest BCUT2D eigenvalue weighted by Gasteiger charge is 2.31. The molecule has 0 unspecified atom stereocenters. The highest BCUT2D eigenvalue weighted by atomic mass is 19.4. The van der Waals surface area contributed by atoms with Crippen molar-refractivity contribution in [3.63, 3.8) is 0 Å². The maximum Gasteiger partial charge on any atom is 0.416 e. The summed E-state index contributed by atoms with van der Waals surface area (Å²) in [7, 11) is 1.59. The fraction of sp³-hybridized carbons (Fsp3) is 0.0909. The van der Waals surface area contributed by atoms with Gasteiger partial charge in [-0.15, -0.1) is 0 Å². The summed E-state index contributed by atoms with van der Waals surface area (Å²) < 4.78 is 56.6. The van der Waals surface area contributed by atoms with Gasteiger partial charge in [-0.25, -0.2) is 18.9 Å². The van der Waals surface area contributed by atoms with Crippen molar-refractivity contribution in [2.75, 3.05) is 0 Å². The first kappa shape index (κ1) is 21.4. The van der Waals surface area contributed by atoms with Crippen LogP contribution in [0.5, 0.6) is 0 Å². The van der Waals surface area contributed by atoms with E-state index in [0.29, 0.717) is 11.0 Å². The number of halogens is 4. The molecule has 0 amide bonds. The predicted octanol–water partition coefficient (Wildman–Crippen LogP) is 4.12. The molecule has 3 aromatic heterocycles. The van der Waals surface area contributed by atoms with E-state index < -0.39 is 34.6 Å². The third-order valence-corrected chi connectivity index (χ3v) is 5.43. The second-order valence-corrected chi connectivity index (χ2v) is 7.52. The fourth-order valence-electron chi connectivity index (χ4n) is 3.80. The van der Waals surface area contributed by atoms with Crippen LogP contribution in [0.3, 0.4) is 0 Å². The summed E-state index contributed by atoms with van der Waals surface area (Å²) in [6.07, 6.45) is -3.16. The number of pyridine rings is 1. The molecule has 0 atom stereocenters. The van der Waals surface area contributed by atoms with Crippen LogP contribution in [0.15, 0.2) is 53.5 Å². The van der Waals surface area contributed by atoms with Gasteiger partial charge >= 0.3 is 12.1 Å². The van der Waals surface area contributed by atoms with Crippen LogP contribution in [-0.4, -0.2) is 35.6 Å². The van der Waals surface area contributed by atoms with Crippen molar-refractivity contribution in [2.45, 2.75) is 6.18 Å². The molecular weight excluding hydrogens is 458 g/mol. The van der Waals surface area contributed by atoms with Crippen molar-refractivity contribution >= 4 is 27.9 Å². The second-order valence-electron chi connectivity index (χ2n) is 7.52. The molecular formula is C22H13F4N5O3. The molecule has 0 bridgehead atoms. The van der Waals surface area contributed by atoms with Crippen LogP contribution < -0.4 is 5.56 Å². The van der Waals surface area contributed by atoms with Gasteiger partial charge in [-0.3, -0.25) is 14.6 Å². The number of nitrogens with one attached hydrogen (secondary N) is 1. The van der Waals surface area contributed by atoms with E-state index in [0.717, 1.165) is 28.9 Å². The number of alkyl halides is 3. The van der Waals surface area contributed by atoms with Crippen molar-refractivity contribution in [1.82, 2.24) is 24.5 Å². The number of aromatic nitrogens is 5. The molecule has 0 saturated carbocycles. The minimum Gasteiger partial charge on any atom is -0.478 e. The Morgan fingerprint density at radius 3 is 2.59 bits per heavy atom. The summed E-state index contributed by atoms with van der Waals surface area (Å²) in [5, 5.41) is 16.4. The Bertz CT molecular complexity index is 1680. The Morgan fingerprint density at radius 2 is 1.91 bits per heavy atom. The number of nitrogens with zero attached hydrogens (tertiary/aromatic N) is 4. The zero-order chi connectivity index (χ0) is 24.4. The molecule has 172 valence electrons. The van der Waals surface area contributed by atoms with Crippen LogP contribution in [-0.2, 0) is 13.2 Å². The van der Waals surface area contributed by atoms with Crippen molar-refractivity contribution in [2.24, 2.45) is 7.05 Å². The van der Waals surface area contributed by atoms with E-state index in [2.05, 4.69) is 15.2 Å². The number of carbonyl (C=O) groups is 1. The Kier molecular flexibility index (Phi) is 4.57. The third-order valence-electron chi connectivity index (χ3n) is 5.43. The van der Waals surface area contributed by atoms with Gasteiger partial charge < -0.3 is 5.11 Å². The van der Waals surface area contributed by atoms with Crippen LogP contribution in [0, 0.1) is 5.82 Å². The summed E-state index contributed by atoms with van der Waals surface area (Å²) in [6, 6.07) is 7.53. The molecule has 0 spiro atoms. The molecule has 0 saturated heterocycles. The van der Waals surface area contributed by atoms with Gasteiger partial charge in [-0.05, 0) is 24.3 Å². The van der Waals surface area contributed by atoms with Crippen molar-refractivity contribution in [1.29, 1.82) is 0 Å². The molecule has 0 aliphatic carbocycles. The molecule has 3 heterocycles. The molecule has 34 heavy (non-hydrogen) atoms. The quantitative estimate of drug-likeness (QED) is 0.385. The summed E-state index contributed by atoms with van der Waals surface area (Å²) in [5.74, 6) is -2.53. The van der Waals surface area contributed by atoms with Gasteiger partial charge in [0.05, 0.1) is 45.0 Å². The Labute approximate surface area is 186 Å². The molecule has 2 N–H and O–H groups in total. The molecule has 12 heteroatoms. The topological polar surface area (TPSA) is 106 Å². The van der Waals surface area contributed by atoms with Crippen LogP contribution in [0.25, 0.3) is 38.9 Å². The smallest absolute Gasteiger partial charge is 0.416 e. The highest BCUT2D eigenvalue weighted by Crippen LogP contribution is 2.34. The number of hydrogen-bond acceptors (Lipinski definition) is 4. The predicted molar refractivity (Wildman–Crippen MR) is 113 cm³/mol. The average molecular weight is 471 g/mol. The monoisotopic (exact) mass is 471 g/mol. The van der Waals surface area contributed by atoms with Gasteiger partial charge in [0.2, 0.25) is 0 Å². The molecule has 0 aliphatic heterocycles. The molecule has 0 aliphatic rings. The lowest BCUT2D eigenvalue weighted by molar-refractivity contribution is -0.137. The number of hydrogen-bond donors (Lipinski definition) is 2. The first-order valence-electron chi connectivity index (χ1n) is 9.73. The first-order chi connectivity index (χ1) is 16.1. The van der Waals surface area contributed by atoms with Crippen molar-refractivity contribution < 1.29 is 27.5 Å². The Hall–Kier alpha value is -4.48. The molecule has 0 radical (unpaired) electrons. The average Bonchev–Trinajstić information content (AvgIpc) is 3.32.